The Morgan fingerprint density at radius 3 is 2.50 bits per heavy atom. The van der Waals surface area contributed by atoms with E-state index in [1.165, 1.54) is 13.2 Å². The molecule has 4 nitrogen and oxygen atoms in total. The van der Waals surface area contributed by atoms with Crippen LogP contribution >= 0.6 is 0 Å². The van der Waals surface area contributed by atoms with Gasteiger partial charge >= 0.3 is 0 Å². The molecule has 1 saturated carbocycles. The van der Waals surface area contributed by atoms with E-state index in [-0.39, 0.29) is 16.2 Å². The SMILES string of the molecule is COc1c(CC2(N)CC2)ccc(S(C)(=O)=O)c1F. The van der Waals surface area contributed by atoms with Gasteiger partial charge in [0.15, 0.2) is 21.4 Å². The molecule has 2 N–H and O–H groups in total. The molecule has 0 heterocycles. The number of ether oxygens (including phenoxy) is 1. The van der Waals surface area contributed by atoms with Gasteiger partial charge in [0.1, 0.15) is 4.90 Å². The predicted octanol–water partition coefficient (Wildman–Crippen LogP) is 1.27. The fraction of sp³-hybridized carbons (Fsp3) is 0.500. The van der Waals surface area contributed by atoms with Crippen LogP contribution in [0.5, 0.6) is 5.75 Å². The van der Waals surface area contributed by atoms with Crippen LogP contribution in [0.4, 0.5) is 4.39 Å². The minimum absolute atomic E-state index is 0.0188. The van der Waals surface area contributed by atoms with E-state index < -0.39 is 15.7 Å². The van der Waals surface area contributed by atoms with E-state index in [2.05, 4.69) is 0 Å². The highest BCUT2D eigenvalue weighted by atomic mass is 32.2. The van der Waals surface area contributed by atoms with Crippen molar-refractivity contribution in [2.45, 2.75) is 29.7 Å². The van der Waals surface area contributed by atoms with Gasteiger partial charge in [-0.25, -0.2) is 12.8 Å². The van der Waals surface area contributed by atoms with Crippen molar-refractivity contribution in [2.24, 2.45) is 5.73 Å². The average Bonchev–Trinajstić information content (AvgIpc) is 2.94. The Morgan fingerprint density at radius 1 is 1.44 bits per heavy atom. The van der Waals surface area contributed by atoms with Crippen LogP contribution < -0.4 is 10.5 Å². The third kappa shape index (κ3) is 2.49. The number of hydrogen-bond acceptors (Lipinski definition) is 4. The first kappa shape index (κ1) is 13.3. The summed E-state index contributed by atoms with van der Waals surface area (Å²) in [4.78, 5) is -0.343. The minimum atomic E-state index is -3.60. The summed E-state index contributed by atoms with van der Waals surface area (Å²) in [6.45, 7) is 0. The standard InChI is InChI=1S/C12H16FNO3S/c1-17-11-8(7-12(14)5-6-12)3-4-9(10(11)13)18(2,15)16/h3-4H,5-7,14H2,1-2H3. The molecule has 1 aromatic rings. The molecular formula is C12H16FNO3S. The third-order valence-electron chi connectivity index (χ3n) is 3.18. The molecule has 1 fully saturated rings. The lowest BCUT2D eigenvalue weighted by Crippen LogP contribution is -2.25. The second-order valence-electron chi connectivity index (χ2n) is 4.88. The van der Waals surface area contributed by atoms with E-state index in [4.69, 9.17) is 10.5 Å². The highest BCUT2D eigenvalue weighted by Gasteiger charge is 2.39. The minimum Gasteiger partial charge on any atom is -0.493 e. The predicted molar refractivity (Wildman–Crippen MR) is 65.9 cm³/mol. The van der Waals surface area contributed by atoms with Gasteiger partial charge in [-0.1, -0.05) is 6.07 Å². The number of methoxy groups -OCH3 is 1. The Balaban J connectivity index is 2.47. The first-order valence-electron chi connectivity index (χ1n) is 5.61. The van der Waals surface area contributed by atoms with Crippen LogP contribution in [0.25, 0.3) is 0 Å². The van der Waals surface area contributed by atoms with Crippen molar-refractivity contribution < 1.29 is 17.5 Å². The summed E-state index contributed by atoms with van der Waals surface area (Å²) in [7, 11) is -2.27. The summed E-state index contributed by atoms with van der Waals surface area (Å²) in [5.74, 6) is -0.851. The Bertz CT molecular complexity index is 579. The molecule has 0 bridgehead atoms. The summed E-state index contributed by atoms with van der Waals surface area (Å²) >= 11 is 0. The molecular weight excluding hydrogens is 257 g/mol. The average molecular weight is 273 g/mol. The number of nitrogens with two attached hydrogens (primary N) is 1. The number of rotatable bonds is 4. The van der Waals surface area contributed by atoms with Crippen molar-refractivity contribution in [2.75, 3.05) is 13.4 Å². The van der Waals surface area contributed by atoms with E-state index in [0.29, 0.717) is 12.0 Å². The monoisotopic (exact) mass is 273 g/mol. The summed E-state index contributed by atoms with van der Waals surface area (Å²) in [5.41, 5.74) is 6.31. The molecule has 0 amide bonds. The van der Waals surface area contributed by atoms with Crippen molar-refractivity contribution in [1.29, 1.82) is 0 Å². The quantitative estimate of drug-likeness (QED) is 0.897. The highest BCUT2D eigenvalue weighted by molar-refractivity contribution is 7.90. The summed E-state index contributed by atoms with van der Waals surface area (Å²) < 4.78 is 41.9. The lowest BCUT2D eigenvalue weighted by atomic mass is 10.0. The molecule has 0 unspecified atom stereocenters. The molecule has 0 aliphatic heterocycles. The van der Waals surface area contributed by atoms with E-state index in [1.54, 1.807) is 6.07 Å². The Hall–Kier alpha value is -1.14. The first-order valence-corrected chi connectivity index (χ1v) is 7.50. The van der Waals surface area contributed by atoms with Crippen molar-refractivity contribution in [1.82, 2.24) is 0 Å². The van der Waals surface area contributed by atoms with Crippen molar-refractivity contribution in [3.05, 3.63) is 23.5 Å². The van der Waals surface area contributed by atoms with Crippen LogP contribution in [0.1, 0.15) is 18.4 Å². The lowest BCUT2D eigenvalue weighted by molar-refractivity contribution is 0.373. The topological polar surface area (TPSA) is 69.4 Å². The Labute approximate surface area is 106 Å². The first-order chi connectivity index (χ1) is 8.27. The fourth-order valence-electron chi connectivity index (χ4n) is 1.94. The van der Waals surface area contributed by atoms with Crippen LogP contribution in [0, 0.1) is 5.82 Å². The maximum absolute atomic E-state index is 14.1. The molecule has 1 aliphatic carbocycles. The molecule has 0 saturated heterocycles. The molecule has 1 aromatic carbocycles. The molecule has 0 atom stereocenters. The van der Waals surface area contributed by atoms with Gasteiger partial charge in [-0.05, 0) is 30.9 Å². The normalized spacial score (nSPS) is 17.6. The highest BCUT2D eigenvalue weighted by Crippen LogP contribution is 2.39. The second kappa shape index (κ2) is 4.20. The Morgan fingerprint density at radius 2 is 2.06 bits per heavy atom. The van der Waals surface area contributed by atoms with Gasteiger partial charge in [0.25, 0.3) is 0 Å². The maximum Gasteiger partial charge on any atom is 0.183 e. The van der Waals surface area contributed by atoms with Crippen molar-refractivity contribution in [3.8, 4) is 5.75 Å². The zero-order valence-electron chi connectivity index (χ0n) is 10.4. The van der Waals surface area contributed by atoms with Crippen molar-refractivity contribution >= 4 is 9.84 Å². The molecule has 0 spiro atoms. The smallest absolute Gasteiger partial charge is 0.183 e. The molecule has 6 heteroatoms. The maximum atomic E-state index is 14.1. The number of hydrogen-bond donors (Lipinski definition) is 1. The molecule has 1 aliphatic rings. The van der Waals surface area contributed by atoms with Crippen LogP contribution in [0.3, 0.4) is 0 Å². The van der Waals surface area contributed by atoms with Crippen LogP contribution in [-0.4, -0.2) is 27.3 Å². The van der Waals surface area contributed by atoms with Gasteiger partial charge in [0.05, 0.1) is 7.11 Å². The van der Waals surface area contributed by atoms with Crippen molar-refractivity contribution in [3.63, 3.8) is 0 Å². The second-order valence-corrected chi connectivity index (χ2v) is 6.87. The molecule has 0 radical (unpaired) electrons. The number of sulfone groups is 1. The van der Waals surface area contributed by atoms with Crippen LogP contribution in [-0.2, 0) is 16.3 Å². The number of benzene rings is 1. The summed E-state index contributed by atoms with van der Waals surface area (Å²) in [6, 6.07) is 2.85. The third-order valence-corrected chi connectivity index (χ3v) is 4.30. The Kier molecular flexibility index (Phi) is 3.11. The lowest BCUT2D eigenvalue weighted by Gasteiger charge is -2.14. The zero-order chi connectivity index (χ0) is 13.6. The zero-order valence-corrected chi connectivity index (χ0v) is 11.2. The van der Waals surface area contributed by atoms with Gasteiger partial charge in [0, 0.05) is 11.8 Å². The molecule has 0 aromatic heterocycles. The molecule has 2 rings (SSSR count). The van der Waals surface area contributed by atoms with Gasteiger partial charge < -0.3 is 10.5 Å². The van der Waals surface area contributed by atoms with E-state index in [9.17, 15) is 12.8 Å². The van der Waals surface area contributed by atoms with Crippen LogP contribution in [0.15, 0.2) is 17.0 Å². The summed E-state index contributed by atoms with van der Waals surface area (Å²) in [5, 5.41) is 0. The van der Waals surface area contributed by atoms with Crippen LogP contribution in [0.2, 0.25) is 0 Å². The number of halogens is 1. The fourth-order valence-corrected chi connectivity index (χ4v) is 2.67. The van der Waals surface area contributed by atoms with E-state index in [0.717, 1.165) is 19.1 Å². The van der Waals surface area contributed by atoms with Gasteiger partial charge in [-0.3, -0.25) is 0 Å². The van der Waals surface area contributed by atoms with E-state index >= 15 is 0 Å². The largest absolute Gasteiger partial charge is 0.493 e. The van der Waals surface area contributed by atoms with Gasteiger partial charge in [0.2, 0.25) is 0 Å². The van der Waals surface area contributed by atoms with Gasteiger partial charge in [-0.2, -0.15) is 0 Å². The van der Waals surface area contributed by atoms with E-state index in [1.807, 2.05) is 0 Å². The summed E-state index contributed by atoms with van der Waals surface area (Å²) in [6.07, 6.45) is 3.25. The molecule has 100 valence electrons. The van der Waals surface area contributed by atoms with Gasteiger partial charge in [-0.15, -0.1) is 0 Å². The molecule has 18 heavy (non-hydrogen) atoms.